The van der Waals surface area contributed by atoms with Gasteiger partial charge in [0.1, 0.15) is 13.2 Å². The molecule has 0 aliphatic rings. The highest BCUT2D eigenvalue weighted by Crippen LogP contribution is 2.38. The molecule has 0 saturated heterocycles. The quantitative estimate of drug-likeness (QED) is 0.0272. The van der Waals surface area contributed by atoms with Crippen molar-refractivity contribution in [2.75, 3.05) is 40.9 Å². The summed E-state index contributed by atoms with van der Waals surface area (Å²) in [6.45, 7) is 4.57. The van der Waals surface area contributed by atoms with E-state index in [0.29, 0.717) is 17.4 Å². The molecule has 0 aliphatic carbocycles. The van der Waals surface area contributed by atoms with Crippen molar-refractivity contribution in [1.82, 2.24) is 5.32 Å². The van der Waals surface area contributed by atoms with E-state index in [0.717, 1.165) is 70.6 Å². The summed E-state index contributed by atoms with van der Waals surface area (Å²) in [7, 11) is 1.26. The predicted octanol–water partition coefficient (Wildman–Crippen LogP) is 26.8. The summed E-state index contributed by atoms with van der Waals surface area (Å²) in [4.78, 5) is 25.7. The number of aliphatic hydroxyl groups is 1. The smallest absolute Gasteiger partial charge is 0.268 e. The highest BCUT2D eigenvalue weighted by Gasteiger charge is 2.23. The van der Waals surface area contributed by atoms with E-state index in [9.17, 15) is 19.4 Å². The third-order valence-corrected chi connectivity index (χ3v) is 19.8. The maximum atomic E-state index is 13.1. The van der Waals surface area contributed by atoms with Gasteiger partial charge in [0.2, 0.25) is 5.91 Å². The van der Waals surface area contributed by atoms with Crippen molar-refractivity contribution < 1.29 is 32.9 Å². The Hall–Kier alpha value is -2.32. The molecule has 9 heteroatoms. The van der Waals surface area contributed by atoms with Gasteiger partial charge in [-0.25, -0.2) is 0 Å². The summed E-state index contributed by atoms with van der Waals surface area (Å²) >= 11 is 0. The number of likely N-dealkylation sites (N-methyl/N-ethyl adjacent to an activating group) is 1. The van der Waals surface area contributed by atoms with Crippen LogP contribution in [-0.2, 0) is 18.4 Å². The van der Waals surface area contributed by atoms with E-state index in [1.165, 1.54) is 315 Å². The summed E-state index contributed by atoms with van der Waals surface area (Å²) in [5, 5.41) is 14.0. The van der Waals surface area contributed by atoms with Crippen LogP contribution in [-0.4, -0.2) is 68.5 Å². The zero-order valence-corrected chi connectivity index (χ0v) is 64.8. The number of rotatable bonds is 77. The Morgan fingerprint density at radius 2 is 0.653 bits per heavy atom. The number of unbranched alkanes of at least 4 members (excludes halogenated alkanes) is 52. The average Bonchev–Trinajstić information content (AvgIpc) is 2.01. The second-order valence-electron chi connectivity index (χ2n) is 29.4. The van der Waals surface area contributed by atoms with Crippen LogP contribution in [0.1, 0.15) is 406 Å². The number of quaternary nitrogens is 1. The number of nitrogens with one attached hydrogen (secondary N) is 1. The van der Waals surface area contributed by atoms with Crippen LogP contribution in [0.5, 0.6) is 0 Å². The first kappa shape index (κ1) is 92.7. The van der Waals surface area contributed by atoms with Gasteiger partial charge in [0.25, 0.3) is 7.82 Å². The number of hydrogen-bond donors (Lipinski definition) is 2. The van der Waals surface area contributed by atoms with Crippen LogP contribution in [0.3, 0.4) is 0 Å². The summed E-state index contributed by atoms with van der Waals surface area (Å²) in [6.07, 6.45) is 109. The Kier molecular flexibility index (Phi) is 74.0. The molecule has 3 unspecified atom stereocenters. The van der Waals surface area contributed by atoms with Crippen molar-refractivity contribution in [3.63, 3.8) is 0 Å². The van der Waals surface area contributed by atoms with Gasteiger partial charge in [-0.15, -0.1) is 0 Å². The van der Waals surface area contributed by atoms with Crippen molar-refractivity contribution in [2.24, 2.45) is 0 Å². The zero-order chi connectivity index (χ0) is 69.0. The normalized spacial score (nSPS) is 13.9. The van der Waals surface area contributed by atoms with Crippen LogP contribution in [0, 0.1) is 0 Å². The van der Waals surface area contributed by atoms with Crippen LogP contribution >= 0.6 is 7.82 Å². The van der Waals surface area contributed by atoms with Crippen molar-refractivity contribution in [2.45, 2.75) is 418 Å². The van der Waals surface area contributed by atoms with E-state index in [1.54, 1.807) is 6.08 Å². The van der Waals surface area contributed by atoms with Gasteiger partial charge in [0, 0.05) is 6.42 Å². The lowest BCUT2D eigenvalue weighted by Gasteiger charge is -2.29. The Labute approximate surface area is 592 Å². The molecule has 0 heterocycles. The number of phosphoric acid groups is 1. The molecule has 1 amide bonds. The van der Waals surface area contributed by atoms with Gasteiger partial charge < -0.3 is 28.8 Å². The lowest BCUT2D eigenvalue weighted by atomic mass is 10.0. The summed E-state index contributed by atoms with van der Waals surface area (Å²) in [6, 6.07) is -0.907. The van der Waals surface area contributed by atoms with Crippen molar-refractivity contribution in [1.29, 1.82) is 0 Å². The number of nitrogens with zero attached hydrogens (tertiary/aromatic N) is 1. The van der Waals surface area contributed by atoms with Gasteiger partial charge in [-0.05, 0) is 77.0 Å². The third-order valence-electron chi connectivity index (χ3n) is 18.8. The molecule has 0 aromatic carbocycles. The average molecular weight is 1350 g/mol. The maximum Gasteiger partial charge on any atom is 0.268 e. The first-order valence-electron chi connectivity index (χ1n) is 41.4. The van der Waals surface area contributed by atoms with Crippen LogP contribution in [0.4, 0.5) is 0 Å². The SMILES string of the molecule is CC/C=C\C/C=C\C/C=C\C/C=C\C/C=C\CCCCCCCCCCCCCCCCCCCCCCCCCCCC(=O)NC(COP(=O)([O-])OCC[N+](C)(C)C)C(O)/C=C/CC/C=C/CCCCCCCCCCCCCCCCCCCCCCCCCCCC. The number of hydrogen-bond acceptors (Lipinski definition) is 6. The lowest BCUT2D eigenvalue weighted by molar-refractivity contribution is -0.870. The Morgan fingerprint density at radius 1 is 0.379 bits per heavy atom. The predicted molar refractivity (Wildman–Crippen MR) is 417 cm³/mol. The molecular weight excluding hydrogens is 1190 g/mol. The van der Waals surface area contributed by atoms with Gasteiger partial charge in [0.05, 0.1) is 39.9 Å². The molecule has 0 aromatic heterocycles. The van der Waals surface area contributed by atoms with Gasteiger partial charge in [-0.1, -0.05) is 407 Å². The van der Waals surface area contributed by atoms with Crippen LogP contribution in [0.2, 0.25) is 0 Å². The molecule has 2 N–H and O–H groups in total. The molecule has 0 aromatic rings. The molecule has 8 nitrogen and oxygen atoms in total. The first-order chi connectivity index (χ1) is 46.5. The van der Waals surface area contributed by atoms with Gasteiger partial charge in [-0.2, -0.15) is 0 Å². The highest BCUT2D eigenvalue weighted by atomic mass is 31.2. The molecule has 0 spiro atoms. The number of amides is 1. The third kappa shape index (κ3) is 78.9. The van der Waals surface area contributed by atoms with Crippen LogP contribution in [0.25, 0.3) is 0 Å². The number of carbonyl (C=O) groups excluding carboxylic acids is 1. The van der Waals surface area contributed by atoms with E-state index in [4.69, 9.17) is 9.05 Å². The Bertz CT molecular complexity index is 1830. The highest BCUT2D eigenvalue weighted by molar-refractivity contribution is 7.45. The van der Waals surface area contributed by atoms with Crippen molar-refractivity contribution >= 4 is 13.7 Å². The molecule has 3 atom stereocenters. The summed E-state index contributed by atoms with van der Waals surface area (Å²) in [5.74, 6) is -0.200. The maximum absolute atomic E-state index is 13.1. The van der Waals surface area contributed by atoms with Crippen LogP contribution < -0.4 is 10.2 Å². The van der Waals surface area contributed by atoms with E-state index in [1.807, 2.05) is 27.2 Å². The second-order valence-corrected chi connectivity index (χ2v) is 30.9. The second kappa shape index (κ2) is 75.9. The summed E-state index contributed by atoms with van der Waals surface area (Å²) < 4.78 is 23.5. The molecule has 0 saturated carbocycles. The van der Waals surface area contributed by atoms with Crippen molar-refractivity contribution in [3.05, 3.63) is 85.1 Å². The fourth-order valence-corrected chi connectivity index (χ4v) is 13.2. The van der Waals surface area contributed by atoms with Crippen LogP contribution in [0.15, 0.2) is 85.1 Å². The van der Waals surface area contributed by atoms with E-state index >= 15 is 0 Å². The fourth-order valence-electron chi connectivity index (χ4n) is 12.5. The van der Waals surface area contributed by atoms with E-state index in [-0.39, 0.29) is 12.5 Å². The molecule has 0 radical (unpaired) electrons. The molecule has 95 heavy (non-hydrogen) atoms. The number of phosphoric ester groups is 1. The molecular formula is C86H161N2O6P. The number of allylic oxidation sites excluding steroid dienone is 13. The molecule has 0 fully saturated rings. The summed E-state index contributed by atoms with van der Waals surface area (Å²) in [5.41, 5.74) is 0. The van der Waals surface area contributed by atoms with Gasteiger partial charge in [0.15, 0.2) is 0 Å². The van der Waals surface area contributed by atoms with Gasteiger partial charge >= 0.3 is 0 Å². The molecule has 0 bridgehead atoms. The van der Waals surface area contributed by atoms with Crippen molar-refractivity contribution in [3.8, 4) is 0 Å². The van der Waals surface area contributed by atoms with E-state index < -0.39 is 26.6 Å². The standard InChI is InChI=1S/C86H161N2O6P/c1-6-8-10-12-14-16-18-20-22-24-26-28-30-32-34-36-38-40-41-42-43-44-45-46-47-48-50-52-54-56-58-60-62-64-66-68-70-72-74-76-78-80-86(90)87-84(83-94-95(91,92)93-82-81-88(3,4)5)85(89)79-77-75-73-71-69-67-65-63-61-59-57-55-53-51-49-39-37-35-33-31-29-27-25-23-21-19-17-15-13-11-9-7-2/h8,10,14,16,20,22,26,28,32,34,69,71,77,79,84-85,89H,6-7,9,11-13,15,17-19,21,23-25,27,29-31,33,35-68,70,72-76,78,80-83H2,1-5H3,(H-,87,90,91,92)/b10-8-,16-14-,22-20-,28-26-,34-32-,71-69+,79-77+. The number of aliphatic hydroxyl groups excluding tert-OH is 1. The fraction of sp³-hybridized carbons (Fsp3) is 0.826. The molecule has 0 aliphatic heterocycles. The van der Waals surface area contributed by atoms with Gasteiger partial charge in [-0.3, -0.25) is 9.36 Å². The van der Waals surface area contributed by atoms with E-state index in [2.05, 4.69) is 92.1 Å². The first-order valence-corrected chi connectivity index (χ1v) is 42.9. The minimum Gasteiger partial charge on any atom is -0.756 e. The number of carbonyl (C=O) groups is 1. The lowest BCUT2D eigenvalue weighted by Crippen LogP contribution is -2.45. The Morgan fingerprint density at radius 3 is 0.979 bits per heavy atom. The minimum absolute atomic E-state index is 0.00604. The molecule has 0 rings (SSSR count). The monoisotopic (exact) mass is 1350 g/mol. The zero-order valence-electron chi connectivity index (χ0n) is 63.9. The largest absolute Gasteiger partial charge is 0.756 e. The topological polar surface area (TPSA) is 108 Å². The Balaban J connectivity index is 3.95. The molecule has 556 valence electrons. The minimum atomic E-state index is -4.62.